The molecule has 7 nitrogen and oxygen atoms in total. The zero-order valence-electron chi connectivity index (χ0n) is 19.1. The molecule has 174 valence electrons. The van der Waals surface area contributed by atoms with E-state index in [9.17, 15) is 13.2 Å². The zero-order chi connectivity index (χ0) is 24.0. The van der Waals surface area contributed by atoms with E-state index < -0.39 is 15.9 Å². The summed E-state index contributed by atoms with van der Waals surface area (Å²) in [6.07, 6.45) is 0. The van der Waals surface area contributed by atoms with Gasteiger partial charge in [-0.3, -0.25) is 4.79 Å². The normalized spacial score (nSPS) is 12.3. The van der Waals surface area contributed by atoms with Gasteiger partial charge in [0.15, 0.2) is 0 Å². The fourth-order valence-corrected chi connectivity index (χ4v) is 4.78. The molecule has 3 N–H and O–H groups in total. The Morgan fingerprint density at radius 2 is 1.52 bits per heavy atom. The quantitative estimate of drug-likeness (QED) is 0.420. The third kappa shape index (κ3) is 6.34. The number of carbonyl (C=O) groups is 1. The standard InChI is InChI=1S/C25H29N3O4S/c1-17(2)28-33(30,31)24-16-20(10-15-23(24)32-4)25(29)27-22-13-11-21(12-14-22)26-18(3)19-8-6-5-7-9-19/h5-18,26,28H,1-4H3,(H,27,29). The van der Waals surface area contributed by atoms with Gasteiger partial charge in [0.1, 0.15) is 10.6 Å². The molecule has 0 fully saturated rings. The van der Waals surface area contributed by atoms with Crippen molar-refractivity contribution in [2.75, 3.05) is 17.7 Å². The van der Waals surface area contributed by atoms with Crippen molar-refractivity contribution >= 4 is 27.3 Å². The molecule has 0 aromatic heterocycles. The Morgan fingerprint density at radius 3 is 2.12 bits per heavy atom. The molecule has 1 unspecified atom stereocenters. The highest BCUT2D eigenvalue weighted by molar-refractivity contribution is 7.89. The van der Waals surface area contributed by atoms with Crippen LogP contribution in [0.3, 0.4) is 0 Å². The van der Waals surface area contributed by atoms with Crippen LogP contribution in [0.25, 0.3) is 0 Å². The van der Waals surface area contributed by atoms with E-state index in [0.29, 0.717) is 5.69 Å². The lowest BCUT2D eigenvalue weighted by molar-refractivity contribution is 0.102. The van der Waals surface area contributed by atoms with Gasteiger partial charge in [-0.15, -0.1) is 0 Å². The van der Waals surface area contributed by atoms with Crippen LogP contribution in [-0.2, 0) is 10.0 Å². The molecule has 1 atom stereocenters. The van der Waals surface area contributed by atoms with Crippen LogP contribution in [0.2, 0.25) is 0 Å². The van der Waals surface area contributed by atoms with Gasteiger partial charge in [-0.2, -0.15) is 0 Å². The maximum atomic E-state index is 12.8. The van der Waals surface area contributed by atoms with E-state index in [0.717, 1.165) is 5.69 Å². The van der Waals surface area contributed by atoms with Gasteiger partial charge in [0.05, 0.1) is 7.11 Å². The van der Waals surface area contributed by atoms with E-state index in [2.05, 4.69) is 34.4 Å². The Kier molecular flexibility index (Phi) is 7.73. The topological polar surface area (TPSA) is 96.5 Å². The minimum Gasteiger partial charge on any atom is -0.495 e. The van der Waals surface area contributed by atoms with E-state index in [1.807, 2.05) is 30.3 Å². The minimum atomic E-state index is -3.83. The van der Waals surface area contributed by atoms with Crippen LogP contribution in [0.1, 0.15) is 42.7 Å². The minimum absolute atomic E-state index is 0.0826. The first kappa shape index (κ1) is 24.3. The van der Waals surface area contributed by atoms with Gasteiger partial charge < -0.3 is 15.4 Å². The first-order valence-electron chi connectivity index (χ1n) is 10.6. The Balaban J connectivity index is 1.73. The van der Waals surface area contributed by atoms with Crippen molar-refractivity contribution in [1.82, 2.24) is 4.72 Å². The first-order chi connectivity index (χ1) is 15.7. The molecule has 0 spiro atoms. The molecule has 0 radical (unpaired) electrons. The second-order valence-electron chi connectivity index (χ2n) is 7.95. The largest absolute Gasteiger partial charge is 0.495 e. The summed E-state index contributed by atoms with van der Waals surface area (Å²) in [5, 5.41) is 6.23. The fraction of sp³-hybridized carbons (Fsp3) is 0.240. The molecule has 0 saturated carbocycles. The average Bonchev–Trinajstić information content (AvgIpc) is 2.79. The van der Waals surface area contributed by atoms with Crippen molar-refractivity contribution in [1.29, 1.82) is 0 Å². The molecule has 8 heteroatoms. The van der Waals surface area contributed by atoms with E-state index in [1.165, 1.54) is 30.9 Å². The second kappa shape index (κ2) is 10.5. The van der Waals surface area contributed by atoms with Crippen LogP contribution in [0, 0.1) is 0 Å². The van der Waals surface area contributed by atoms with E-state index in [-0.39, 0.29) is 28.3 Å². The van der Waals surface area contributed by atoms with Crippen molar-refractivity contribution in [3.8, 4) is 5.75 Å². The Morgan fingerprint density at radius 1 is 0.879 bits per heavy atom. The van der Waals surface area contributed by atoms with Gasteiger partial charge in [-0.1, -0.05) is 30.3 Å². The summed E-state index contributed by atoms with van der Waals surface area (Å²) in [4.78, 5) is 12.7. The molecule has 0 heterocycles. The van der Waals surface area contributed by atoms with Crippen LogP contribution < -0.4 is 20.1 Å². The van der Waals surface area contributed by atoms with E-state index in [4.69, 9.17) is 4.74 Å². The summed E-state index contributed by atoms with van der Waals surface area (Å²) in [7, 11) is -2.45. The highest BCUT2D eigenvalue weighted by atomic mass is 32.2. The second-order valence-corrected chi connectivity index (χ2v) is 9.63. The van der Waals surface area contributed by atoms with Crippen LogP contribution in [0.5, 0.6) is 5.75 Å². The molecule has 33 heavy (non-hydrogen) atoms. The summed E-state index contributed by atoms with van der Waals surface area (Å²) >= 11 is 0. The van der Waals surface area contributed by atoms with Crippen molar-refractivity contribution < 1.29 is 17.9 Å². The molecule has 3 rings (SSSR count). The number of benzene rings is 3. The number of sulfonamides is 1. The first-order valence-corrected chi connectivity index (χ1v) is 12.1. The van der Waals surface area contributed by atoms with E-state index in [1.54, 1.807) is 26.0 Å². The van der Waals surface area contributed by atoms with Gasteiger partial charge in [-0.05, 0) is 68.8 Å². The number of carbonyl (C=O) groups excluding carboxylic acids is 1. The Hall–Kier alpha value is -3.36. The SMILES string of the molecule is COc1ccc(C(=O)Nc2ccc(NC(C)c3ccccc3)cc2)cc1S(=O)(=O)NC(C)C. The fourth-order valence-electron chi connectivity index (χ4n) is 3.33. The number of rotatable bonds is 9. The molecule has 0 aliphatic carbocycles. The number of anilines is 2. The summed E-state index contributed by atoms with van der Waals surface area (Å²) in [6, 6.07) is 21.6. The lowest BCUT2D eigenvalue weighted by Crippen LogP contribution is -2.30. The van der Waals surface area contributed by atoms with Gasteiger partial charge in [0.25, 0.3) is 5.91 Å². The third-order valence-corrected chi connectivity index (χ3v) is 6.61. The zero-order valence-corrected chi connectivity index (χ0v) is 19.9. The summed E-state index contributed by atoms with van der Waals surface area (Å²) in [6.45, 7) is 5.52. The molecule has 0 bridgehead atoms. The highest BCUT2D eigenvalue weighted by Crippen LogP contribution is 2.26. The van der Waals surface area contributed by atoms with Crippen LogP contribution in [0.15, 0.2) is 77.7 Å². The smallest absolute Gasteiger partial charge is 0.255 e. The van der Waals surface area contributed by atoms with E-state index >= 15 is 0 Å². The third-order valence-electron chi connectivity index (χ3n) is 4.93. The number of methoxy groups -OCH3 is 1. The predicted molar refractivity (Wildman–Crippen MR) is 131 cm³/mol. The molecule has 0 aliphatic rings. The lowest BCUT2D eigenvalue weighted by Gasteiger charge is -2.16. The van der Waals surface area contributed by atoms with Gasteiger partial charge in [-0.25, -0.2) is 13.1 Å². The lowest BCUT2D eigenvalue weighted by atomic mass is 10.1. The van der Waals surface area contributed by atoms with Crippen molar-refractivity contribution in [2.24, 2.45) is 0 Å². The monoisotopic (exact) mass is 467 g/mol. The number of nitrogens with one attached hydrogen (secondary N) is 3. The number of hydrogen-bond donors (Lipinski definition) is 3. The highest BCUT2D eigenvalue weighted by Gasteiger charge is 2.22. The van der Waals surface area contributed by atoms with Crippen molar-refractivity contribution in [3.63, 3.8) is 0 Å². The summed E-state index contributed by atoms with van der Waals surface area (Å²) in [5.41, 5.74) is 2.90. The molecular formula is C25H29N3O4S. The molecule has 3 aromatic carbocycles. The number of ether oxygens (including phenoxy) is 1. The van der Waals surface area contributed by atoms with Gasteiger partial charge >= 0.3 is 0 Å². The van der Waals surface area contributed by atoms with Crippen LogP contribution in [0.4, 0.5) is 11.4 Å². The van der Waals surface area contributed by atoms with Crippen molar-refractivity contribution in [3.05, 3.63) is 83.9 Å². The Labute approximate surface area is 195 Å². The maximum Gasteiger partial charge on any atom is 0.255 e. The maximum absolute atomic E-state index is 12.8. The molecule has 3 aromatic rings. The average molecular weight is 468 g/mol. The summed E-state index contributed by atoms with van der Waals surface area (Å²) < 4.78 is 33.0. The summed E-state index contributed by atoms with van der Waals surface area (Å²) in [5.74, 6) is -0.250. The van der Waals surface area contributed by atoms with Crippen LogP contribution >= 0.6 is 0 Å². The molecule has 0 aliphatic heterocycles. The van der Waals surface area contributed by atoms with Crippen molar-refractivity contribution in [2.45, 2.75) is 37.8 Å². The van der Waals surface area contributed by atoms with Crippen LogP contribution in [-0.4, -0.2) is 27.5 Å². The van der Waals surface area contributed by atoms with Gasteiger partial charge in [0, 0.05) is 29.0 Å². The number of amides is 1. The predicted octanol–water partition coefficient (Wildman–Crippen LogP) is 4.81. The molecular weight excluding hydrogens is 438 g/mol. The molecule has 0 saturated heterocycles. The Bertz CT molecular complexity index is 1190. The molecule has 1 amide bonds. The number of hydrogen-bond acceptors (Lipinski definition) is 5. The van der Waals surface area contributed by atoms with Gasteiger partial charge in [0.2, 0.25) is 10.0 Å².